The van der Waals surface area contributed by atoms with Crippen molar-refractivity contribution in [1.29, 1.82) is 0 Å². The first-order chi connectivity index (χ1) is 11.7. The van der Waals surface area contributed by atoms with E-state index in [0.717, 1.165) is 30.5 Å². The van der Waals surface area contributed by atoms with Crippen molar-refractivity contribution in [2.75, 3.05) is 4.90 Å². The van der Waals surface area contributed by atoms with Gasteiger partial charge in [0.15, 0.2) is 0 Å². The number of nitrogens with zero attached hydrogens (tertiary/aromatic N) is 4. The van der Waals surface area contributed by atoms with Gasteiger partial charge in [0, 0.05) is 18.8 Å². The van der Waals surface area contributed by atoms with Gasteiger partial charge in [0.1, 0.15) is 17.3 Å². The van der Waals surface area contributed by atoms with Crippen LogP contribution in [-0.2, 0) is 26.4 Å². The van der Waals surface area contributed by atoms with Gasteiger partial charge in [0.25, 0.3) is 5.91 Å². The molecule has 24 heavy (non-hydrogen) atoms. The number of anilines is 1. The highest BCUT2D eigenvalue weighted by Crippen LogP contribution is 2.27. The normalized spacial score (nSPS) is 13.0. The van der Waals surface area contributed by atoms with Crippen LogP contribution >= 0.6 is 0 Å². The minimum Gasteiger partial charge on any atom is -0.467 e. The summed E-state index contributed by atoms with van der Waals surface area (Å²) in [4.78, 5) is 19.3. The van der Waals surface area contributed by atoms with Crippen LogP contribution in [0.1, 0.15) is 33.9 Å². The number of amides is 1. The first-order valence-electron chi connectivity index (χ1n) is 8.04. The molecule has 0 saturated carbocycles. The van der Waals surface area contributed by atoms with Gasteiger partial charge in [0.05, 0.1) is 18.5 Å². The summed E-state index contributed by atoms with van der Waals surface area (Å²) in [5.41, 5.74) is 2.77. The zero-order chi connectivity index (χ0) is 16.5. The van der Waals surface area contributed by atoms with E-state index in [0.29, 0.717) is 23.8 Å². The van der Waals surface area contributed by atoms with E-state index >= 15 is 0 Å². The number of hydrogen-bond acceptors (Lipinski definition) is 4. The van der Waals surface area contributed by atoms with Crippen LogP contribution in [0.15, 0.2) is 47.2 Å². The van der Waals surface area contributed by atoms with Crippen molar-refractivity contribution >= 4 is 11.7 Å². The van der Waals surface area contributed by atoms with Crippen molar-refractivity contribution in [3.63, 3.8) is 0 Å². The second kappa shape index (κ2) is 5.96. The Kier molecular flexibility index (Phi) is 3.65. The second-order valence-corrected chi connectivity index (χ2v) is 5.91. The van der Waals surface area contributed by atoms with E-state index in [1.165, 1.54) is 0 Å². The van der Waals surface area contributed by atoms with E-state index in [2.05, 4.69) is 10.1 Å². The van der Waals surface area contributed by atoms with Gasteiger partial charge in [0.2, 0.25) is 0 Å². The lowest BCUT2D eigenvalue weighted by Gasteiger charge is -2.21. The van der Waals surface area contributed by atoms with Crippen LogP contribution in [-0.4, -0.2) is 20.7 Å². The summed E-state index contributed by atoms with van der Waals surface area (Å²) in [6.07, 6.45) is 6.20. The maximum Gasteiger partial charge on any atom is 0.278 e. The summed E-state index contributed by atoms with van der Waals surface area (Å²) in [6.45, 7) is 0.336. The Morgan fingerprint density at radius 1 is 1.29 bits per heavy atom. The number of aryl methyl sites for hydroxylation is 2. The Morgan fingerprint density at radius 3 is 2.96 bits per heavy atom. The first-order valence-corrected chi connectivity index (χ1v) is 8.04. The van der Waals surface area contributed by atoms with Crippen LogP contribution in [0.25, 0.3) is 0 Å². The molecule has 4 rings (SSSR count). The molecule has 0 unspecified atom stereocenters. The summed E-state index contributed by atoms with van der Waals surface area (Å²) in [6, 6.07) is 9.21. The van der Waals surface area contributed by atoms with E-state index in [-0.39, 0.29) is 5.91 Å². The average molecular weight is 322 g/mol. The van der Waals surface area contributed by atoms with Crippen LogP contribution in [0.3, 0.4) is 0 Å². The van der Waals surface area contributed by atoms with Gasteiger partial charge in [-0.3, -0.25) is 14.4 Å². The lowest BCUT2D eigenvalue weighted by molar-refractivity contribution is 0.0972. The Hall–Kier alpha value is -2.89. The molecule has 1 aliphatic rings. The molecule has 3 aromatic rings. The van der Waals surface area contributed by atoms with E-state index in [1.54, 1.807) is 22.0 Å². The fraction of sp³-hybridized carbons (Fsp3) is 0.278. The fourth-order valence-electron chi connectivity index (χ4n) is 3.24. The second-order valence-electron chi connectivity index (χ2n) is 5.91. The van der Waals surface area contributed by atoms with Gasteiger partial charge >= 0.3 is 0 Å². The van der Waals surface area contributed by atoms with Gasteiger partial charge in [-0.1, -0.05) is 6.07 Å². The van der Waals surface area contributed by atoms with Crippen molar-refractivity contribution < 1.29 is 9.21 Å². The molecule has 6 heteroatoms. The number of aromatic nitrogens is 3. The molecular weight excluding hydrogens is 304 g/mol. The standard InChI is InChI=1S/C18H18N4O2/c1-21-17(14-7-4-8-15(14)20-21)18(23)22(12-13-6-5-11-24-13)16-9-2-3-10-19-16/h2-3,5-6,9-11H,4,7-8,12H2,1H3. The zero-order valence-corrected chi connectivity index (χ0v) is 13.5. The molecule has 122 valence electrons. The van der Waals surface area contributed by atoms with Crippen molar-refractivity contribution in [1.82, 2.24) is 14.8 Å². The Bertz CT molecular complexity index is 853. The molecule has 0 spiro atoms. The van der Waals surface area contributed by atoms with Crippen LogP contribution in [0.2, 0.25) is 0 Å². The summed E-state index contributed by atoms with van der Waals surface area (Å²) in [7, 11) is 1.83. The molecular formula is C18H18N4O2. The maximum absolute atomic E-state index is 13.3. The third kappa shape index (κ3) is 2.50. The van der Waals surface area contributed by atoms with Gasteiger partial charge in [-0.15, -0.1) is 0 Å². The SMILES string of the molecule is Cn1nc2c(c1C(=O)N(Cc1ccco1)c1ccccn1)CCC2. The third-order valence-electron chi connectivity index (χ3n) is 4.34. The smallest absolute Gasteiger partial charge is 0.278 e. The molecule has 1 amide bonds. The third-order valence-corrected chi connectivity index (χ3v) is 4.34. The van der Waals surface area contributed by atoms with E-state index < -0.39 is 0 Å². The largest absolute Gasteiger partial charge is 0.467 e. The number of pyridine rings is 1. The van der Waals surface area contributed by atoms with Gasteiger partial charge in [-0.2, -0.15) is 5.10 Å². The molecule has 6 nitrogen and oxygen atoms in total. The summed E-state index contributed by atoms with van der Waals surface area (Å²) < 4.78 is 7.13. The molecule has 0 radical (unpaired) electrons. The highest BCUT2D eigenvalue weighted by Gasteiger charge is 2.30. The molecule has 3 heterocycles. The number of hydrogen-bond donors (Lipinski definition) is 0. The number of carbonyl (C=O) groups is 1. The zero-order valence-electron chi connectivity index (χ0n) is 13.5. The predicted molar refractivity (Wildman–Crippen MR) is 88.7 cm³/mol. The molecule has 0 saturated heterocycles. The summed E-state index contributed by atoms with van der Waals surface area (Å²) in [5, 5.41) is 4.51. The molecule has 0 atom stereocenters. The van der Waals surface area contributed by atoms with Gasteiger partial charge in [-0.25, -0.2) is 4.98 Å². The quantitative estimate of drug-likeness (QED) is 0.741. The topological polar surface area (TPSA) is 64.2 Å². The van der Waals surface area contributed by atoms with Crippen LogP contribution in [0.4, 0.5) is 5.82 Å². The van der Waals surface area contributed by atoms with Crippen LogP contribution in [0.5, 0.6) is 0 Å². The van der Waals surface area contributed by atoms with Crippen LogP contribution < -0.4 is 4.90 Å². The maximum atomic E-state index is 13.3. The van der Waals surface area contributed by atoms with Crippen LogP contribution in [0, 0.1) is 0 Å². The fourth-order valence-corrected chi connectivity index (χ4v) is 3.24. The minimum atomic E-state index is -0.0942. The molecule has 0 N–H and O–H groups in total. The Labute approximate surface area is 139 Å². The lowest BCUT2D eigenvalue weighted by Crippen LogP contribution is -2.33. The highest BCUT2D eigenvalue weighted by molar-refractivity contribution is 6.05. The summed E-state index contributed by atoms with van der Waals surface area (Å²) in [5.74, 6) is 1.22. The van der Waals surface area contributed by atoms with E-state index in [1.807, 2.05) is 37.4 Å². The number of furan rings is 1. The molecule has 0 bridgehead atoms. The molecule has 3 aromatic heterocycles. The first kappa shape index (κ1) is 14.7. The van der Waals surface area contributed by atoms with Gasteiger partial charge in [-0.05, 0) is 43.5 Å². The van der Waals surface area contributed by atoms with Crippen molar-refractivity contribution in [2.24, 2.45) is 7.05 Å². The van der Waals surface area contributed by atoms with Crippen molar-refractivity contribution in [3.8, 4) is 0 Å². The van der Waals surface area contributed by atoms with Crippen molar-refractivity contribution in [3.05, 3.63) is 65.5 Å². The van der Waals surface area contributed by atoms with Crippen molar-refractivity contribution in [2.45, 2.75) is 25.8 Å². The lowest BCUT2D eigenvalue weighted by atomic mass is 10.1. The predicted octanol–water partition coefficient (Wildman–Crippen LogP) is 2.74. The monoisotopic (exact) mass is 322 g/mol. The molecule has 0 aliphatic heterocycles. The molecule has 1 aliphatic carbocycles. The van der Waals surface area contributed by atoms with E-state index in [9.17, 15) is 4.79 Å². The van der Waals surface area contributed by atoms with Gasteiger partial charge < -0.3 is 4.42 Å². The minimum absolute atomic E-state index is 0.0942. The average Bonchev–Trinajstić information content (AvgIpc) is 3.30. The number of fused-ring (bicyclic) bond motifs is 1. The summed E-state index contributed by atoms with van der Waals surface area (Å²) >= 11 is 0. The molecule has 0 fully saturated rings. The Morgan fingerprint density at radius 2 is 2.21 bits per heavy atom. The number of rotatable bonds is 4. The van der Waals surface area contributed by atoms with E-state index in [4.69, 9.17) is 4.42 Å². The highest BCUT2D eigenvalue weighted by atomic mass is 16.3. The Balaban J connectivity index is 1.74. The number of carbonyl (C=O) groups excluding carboxylic acids is 1. The molecule has 0 aromatic carbocycles.